The van der Waals surface area contributed by atoms with Crippen molar-refractivity contribution < 1.29 is 9.53 Å². The monoisotopic (exact) mass is 290 g/mol. The van der Waals surface area contributed by atoms with Crippen LogP contribution >= 0.6 is 0 Å². The maximum absolute atomic E-state index is 11.9. The van der Waals surface area contributed by atoms with Gasteiger partial charge in [0.15, 0.2) is 0 Å². The fourth-order valence-corrected chi connectivity index (χ4v) is 2.78. The van der Waals surface area contributed by atoms with Crippen LogP contribution in [0.3, 0.4) is 0 Å². The number of rotatable bonds is 6. The van der Waals surface area contributed by atoms with Crippen LogP contribution in [-0.4, -0.2) is 31.6 Å². The summed E-state index contributed by atoms with van der Waals surface area (Å²) in [5.74, 6) is 0.978. The summed E-state index contributed by atoms with van der Waals surface area (Å²) in [6.07, 6.45) is 4.95. The zero-order valence-corrected chi connectivity index (χ0v) is 13.0. The number of ether oxygens (including phenoxy) is 1. The highest BCUT2D eigenvalue weighted by molar-refractivity contribution is 5.76. The van der Waals surface area contributed by atoms with Crippen molar-refractivity contribution in [2.75, 3.05) is 13.7 Å². The average molecular weight is 290 g/mol. The molecule has 2 unspecified atom stereocenters. The van der Waals surface area contributed by atoms with Crippen LogP contribution < -0.4 is 15.4 Å². The molecule has 1 aromatic rings. The highest BCUT2D eigenvalue weighted by atomic mass is 16.5. The Hall–Kier alpha value is -1.55. The van der Waals surface area contributed by atoms with Gasteiger partial charge in [0.05, 0.1) is 7.11 Å². The molecule has 0 saturated carbocycles. The lowest BCUT2D eigenvalue weighted by atomic mass is 9.99. The topological polar surface area (TPSA) is 50.4 Å². The smallest absolute Gasteiger partial charge is 0.220 e. The van der Waals surface area contributed by atoms with Crippen LogP contribution in [0.1, 0.15) is 38.2 Å². The molecule has 4 heteroatoms. The molecule has 0 bridgehead atoms. The summed E-state index contributed by atoms with van der Waals surface area (Å²) in [5, 5.41) is 6.57. The van der Waals surface area contributed by atoms with E-state index < -0.39 is 0 Å². The van der Waals surface area contributed by atoms with Gasteiger partial charge in [0.25, 0.3) is 0 Å². The number of amides is 1. The van der Waals surface area contributed by atoms with E-state index in [0.29, 0.717) is 18.5 Å². The molecule has 1 saturated heterocycles. The van der Waals surface area contributed by atoms with Gasteiger partial charge in [-0.25, -0.2) is 0 Å². The molecular formula is C17H26N2O2. The summed E-state index contributed by atoms with van der Waals surface area (Å²) in [4.78, 5) is 11.9. The van der Waals surface area contributed by atoms with E-state index >= 15 is 0 Å². The molecule has 1 aromatic carbocycles. The number of hydrogen-bond acceptors (Lipinski definition) is 3. The zero-order chi connectivity index (χ0) is 15.1. The number of methoxy groups -OCH3 is 1. The molecule has 2 atom stereocenters. The highest BCUT2D eigenvalue weighted by Crippen LogP contribution is 2.13. The normalized spacial score (nSPS) is 21.8. The van der Waals surface area contributed by atoms with Gasteiger partial charge in [0, 0.05) is 25.0 Å². The number of carbonyl (C=O) groups excluding carboxylic acids is 1. The Kier molecular flexibility index (Phi) is 6.05. The minimum atomic E-state index is 0.130. The summed E-state index contributed by atoms with van der Waals surface area (Å²) >= 11 is 0. The molecule has 0 spiro atoms. The van der Waals surface area contributed by atoms with E-state index in [-0.39, 0.29) is 5.91 Å². The largest absolute Gasteiger partial charge is 0.497 e. The Bertz CT molecular complexity index is 445. The third-order valence-electron chi connectivity index (χ3n) is 4.06. The lowest BCUT2D eigenvalue weighted by Crippen LogP contribution is -2.47. The van der Waals surface area contributed by atoms with Gasteiger partial charge in [0.1, 0.15) is 5.75 Å². The third kappa shape index (κ3) is 5.38. The van der Waals surface area contributed by atoms with Gasteiger partial charge >= 0.3 is 0 Å². The summed E-state index contributed by atoms with van der Waals surface area (Å²) in [5.41, 5.74) is 1.16. The number of piperidine rings is 1. The molecule has 1 aliphatic heterocycles. The molecule has 2 N–H and O–H groups in total. The minimum absolute atomic E-state index is 0.130. The second-order valence-corrected chi connectivity index (χ2v) is 5.85. The number of aryl methyl sites for hydroxylation is 1. The lowest BCUT2D eigenvalue weighted by Gasteiger charge is -2.28. The molecule has 21 heavy (non-hydrogen) atoms. The number of benzene rings is 1. The fourth-order valence-electron chi connectivity index (χ4n) is 2.78. The Labute approximate surface area is 127 Å². The van der Waals surface area contributed by atoms with Crippen LogP contribution in [0.4, 0.5) is 0 Å². The molecule has 1 amide bonds. The van der Waals surface area contributed by atoms with Crippen molar-refractivity contribution in [3.8, 4) is 5.75 Å². The van der Waals surface area contributed by atoms with E-state index in [1.807, 2.05) is 24.3 Å². The predicted octanol–water partition coefficient (Wildman–Crippen LogP) is 2.27. The van der Waals surface area contributed by atoms with Gasteiger partial charge in [0.2, 0.25) is 5.91 Å². The summed E-state index contributed by atoms with van der Waals surface area (Å²) < 4.78 is 5.12. The Morgan fingerprint density at radius 1 is 1.33 bits per heavy atom. The Morgan fingerprint density at radius 2 is 2.10 bits per heavy atom. The first-order valence-corrected chi connectivity index (χ1v) is 7.83. The summed E-state index contributed by atoms with van der Waals surface area (Å²) in [6, 6.07) is 8.88. The van der Waals surface area contributed by atoms with Crippen LogP contribution in [0, 0.1) is 0 Å². The first-order chi connectivity index (χ1) is 10.2. The highest BCUT2D eigenvalue weighted by Gasteiger charge is 2.17. The van der Waals surface area contributed by atoms with Crippen LogP contribution in [0.2, 0.25) is 0 Å². The second kappa shape index (κ2) is 8.03. The van der Waals surface area contributed by atoms with Gasteiger partial charge in [-0.15, -0.1) is 0 Å². The molecule has 0 radical (unpaired) electrons. The maximum atomic E-state index is 11.9. The Balaban J connectivity index is 1.67. The van der Waals surface area contributed by atoms with Crippen molar-refractivity contribution in [1.29, 1.82) is 0 Å². The fraction of sp³-hybridized carbons (Fsp3) is 0.588. The van der Waals surface area contributed by atoms with Crippen molar-refractivity contribution in [1.82, 2.24) is 10.6 Å². The average Bonchev–Trinajstić information content (AvgIpc) is 2.51. The van der Waals surface area contributed by atoms with Gasteiger partial charge in [-0.05, 0) is 43.9 Å². The molecule has 116 valence electrons. The van der Waals surface area contributed by atoms with Gasteiger partial charge in [-0.3, -0.25) is 4.79 Å². The maximum Gasteiger partial charge on any atom is 0.220 e. The first-order valence-electron chi connectivity index (χ1n) is 7.83. The molecule has 4 nitrogen and oxygen atoms in total. The Morgan fingerprint density at radius 3 is 2.76 bits per heavy atom. The molecule has 1 fully saturated rings. The van der Waals surface area contributed by atoms with E-state index in [9.17, 15) is 4.79 Å². The van der Waals surface area contributed by atoms with Crippen LogP contribution in [0.5, 0.6) is 5.75 Å². The summed E-state index contributed by atoms with van der Waals surface area (Å²) in [7, 11) is 1.66. The SMILES string of the molecule is COc1ccc(CCC(=O)NCC2CCCC(C)N2)cc1. The van der Waals surface area contributed by atoms with E-state index in [2.05, 4.69) is 17.6 Å². The van der Waals surface area contributed by atoms with Crippen molar-refractivity contribution >= 4 is 5.91 Å². The summed E-state index contributed by atoms with van der Waals surface area (Å²) in [6.45, 7) is 2.95. The van der Waals surface area contributed by atoms with Crippen LogP contribution in [-0.2, 0) is 11.2 Å². The molecule has 1 aliphatic rings. The van der Waals surface area contributed by atoms with Crippen molar-refractivity contribution in [2.45, 2.75) is 51.1 Å². The van der Waals surface area contributed by atoms with Crippen LogP contribution in [0.15, 0.2) is 24.3 Å². The number of nitrogens with one attached hydrogen (secondary N) is 2. The van der Waals surface area contributed by atoms with Gasteiger partial charge in [-0.2, -0.15) is 0 Å². The van der Waals surface area contributed by atoms with Crippen molar-refractivity contribution in [2.24, 2.45) is 0 Å². The van der Waals surface area contributed by atoms with Crippen LogP contribution in [0.25, 0.3) is 0 Å². The van der Waals surface area contributed by atoms with Gasteiger partial charge < -0.3 is 15.4 Å². The lowest BCUT2D eigenvalue weighted by molar-refractivity contribution is -0.121. The van der Waals surface area contributed by atoms with Crippen molar-refractivity contribution in [3.05, 3.63) is 29.8 Å². The number of hydrogen-bond donors (Lipinski definition) is 2. The predicted molar refractivity (Wildman–Crippen MR) is 84.6 cm³/mol. The first kappa shape index (κ1) is 15.8. The van der Waals surface area contributed by atoms with Gasteiger partial charge in [-0.1, -0.05) is 18.6 Å². The standard InChI is InChI=1S/C17H26N2O2/c1-13-4-3-5-15(19-13)12-18-17(20)11-8-14-6-9-16(21-2)10-7-14/h6-7,9-10,13,15,19H,3-5,8,11-12H2,1-2H3,(H,18,20). The molecule has 1 heterocycles. The number of carbonyl (C=O) groups is 1. The molecule has 0 aliphatic carbocycles. The molecule has 0 aromatic heterocycles. The quantitative estimate of drug-likeness (QED) is 0.845. The molecule has 2 rings (SSSR count). The second-order valence-electron chi connectivity index (χ2n) is 5.85. The third-order valence-corrected chi connectivity index (χ3v) is 4.06. The van der Waals surface area contributed by atoms with E-state index in [4.69, 9.17) is 4.74 Å². The van der Waals surface area contributed by atoms with E-state index in [1.165, 1.54) is 12.8 Å². The van der Waals surface area contributed by atoms with E-state index in [0.717, 1.165) is 30.7 Å². The zero-order valence-electron chi connectivity index (χ0n) is 13.0. The minimum Gasteiger partial charge on any atom is -0.497 e. The van der Waals surface area contributed by atoms with Crippen molar-refractivity contribution in [3.63, 3.8) is 0 Å². The molecular weight excluding hydrogens is 264 g/mol. The van der Waals surface area contributed by atoms with E-state index in [1.54, 1.807) is 7.11 Å².